The Morgan fingerprint density at radius 1 is 1.57 bits per heavy atom. The molecule has 5 nitrogen and oxygen atoms in total. The number of ether oxygens (including phenoxy) is 1. The predicted octanol–water partition coefficient (Wildman–Crippen LogP) is -0.630. The van der Waals surface area contributed by atoms with Gasteiger partial charge in [-0.25, -0.2) is 0 Å². The van der Waals surface area contributed by atoms with Crippen molar-refractivity contribution in [1.29, 1.82) is 0 Å². The van der Waals surface area contributed by atoms with Crippen molar-refractivity contribution < 1.29 is 14.3 Å². The highest BCUT2D eigenvalue weighted by atomic mass is 16.5. The van der Waals surface area contributed by atoms with Crippen LogP contribution in [0.3, 0.4) is 0 Å². The number of carbonyl (C=O) groups is 2. The Kier molecular flexibility index (Phi) is 3.88. The quantitative estimate of drug-likeness (QED) is 0.616. The lowest BCUT2D eigenvalue weighted by atomic mass is 10.3. The van der Waals surface area contributed by atoms with E-state index in [9.17, 15) is 9.59 Å². The molecule has 0 aliphatic carbocycles. The summed E-state index contributed by atoms with van der Waals surface area (Å²) in [5.41, 5.74) is 0. The largest absolute Gasteiger partial charge is 0.468 e. The van der Waals surface area contributed by atoms with Gasteiger partial charge in [-0.15, -0.1) is 0 Å². The topological polar surface area (TPSA) is 58.6 Å². The van der Waals surface area contributed by atoms with E-state index in [1.807, 2.05) is 4.90 Å². The van der Waals surface area contributed by atoms with Gasteiger partial charge in [-0.2, -0.15) is 0 Å². The zero-order valence-electron chi connectivity index (χ0n) is 8.58. The molecular weight excluding hydrogens is 184 g/mol. The van der Waals surface area contributed by atoms with E-state index in [0.717, 1.165) is 19.5 Å². The van der Waals surface area contributed by atoms with Gasteiger partial charge >= 0.3 is 5.97 Å². The van der Waals surface area contributed by atoms with E-state index in [-0.39, 0.29) is 17.9 Å². The van der Waals surface area contributed by atoms with E-state index < -0.39 is 0 Å². The summed E-state index contributed by atoms with van der Waals surface area (Å²) in [6, 6.07) is 0.178. The van der Waals surface area contributed by atoms with Gasteiger partial charge in [0.05, 0.1) is 13.7 Å². The van der Waals surface area contributed by atoms with Crippen molar-refractivity contribution in [3.05, 3.63) is 0 Å². The fourth-order valence-electron chi connectivity index (χ4n) is 1.63. The van der Waals surface area contributed by atoms with Gasteiger partial charge in [0.2, 0.25) is 5.91 Å². The molecule has 1 saturated heterocycles. The van der Waals surface area contributed by atoms with E-state index in [1.165, 1.54) is 14.0 Å². The van der Waals surface area contributed by atoms with Crippen LogP contribution in [0, 0.1) is 0 Å². The summed E-state index contributed by atoms with van der Waals surface area (Å²) in [5, 5.41) is 2.83. The molecule has 1 N–H and O–H groups in total. The number of amides is 1. The standard InChI is InChI=1S/C9H16N2O3/c1-7(12)10-8-3-4-11(5-8)6-9(13)14-2/h8H,3-6H2,1-2H3,(H,10,12). The molecule has 1 fully saturated rings. The zero-order chi connectivity index (χ0) is 10.6. The van der Waals surface area contributed by atoms with E-state index >= 15 is 0 Å². The van der Waals surface area contributed by atoms with Crippen molar-refractivity contribution in [2.24, 2.45) is 0 Å². The maximum Gasteiger partial charge on any atom is 0.319 e. The van der Waals surface area contributed by atoms with Crippen LogP contribution in [0.1, 0.15) is 13.3 Å². The van der Waals surface area contributed by atoms with Crippen LogP contribution in [0.5, 0.6) is 0 Å². The molecule has 0 aromatic rings. The average molecular weight is 200 g/mol. The molecule has 0 spiro atoms. The summed E-state index contributed by atoms with van der Waals surface area (Å²) in [7, 11) is 1.38. The Morgan fingerprint density at radius 2 is 2.29 bits per heavy atom. The first-order chi connectivity index (χ1) is 6.61. The number of carbonyl (C=O) groups excluding carboxylic acids is 2. The number of nitrogens with one attached hydrogen (secondary N) is 1. The SMILES string of the molecule is COC(=O)CN1CCC(NC(C)=O)C1. The number of rotatable bonds is 3. The summed E-state index contributed by atoms with van der Waals surface area (Å²) < 4.78 is 4.56. The first-order valence-electron chi connectivity index (χ1n) is 4.68. The van der Waals surface area contributed by atoms with Crippen LogP contribution in [0.2, 0.25) is 0 Å². The lowest BCUT2D eigenvalue weighted by Gasteiger charge is -2.14. The molecule has 1 atom stereocenters. The molecule has 1 unspecified atom stereocenters. The third-order valence-corrected chi connectivity index (χ3v) is 2.26. The highest BCUT2D eigenvalue weighted by Gasteiger charge is 2.24. The molecule has 80 valence electrons. The molecular formula is C9H16N2O3. The fraction of sp³-hybridized carbons (Fsp3) is 0.778. The second-order valence-electron chi connectivity index (χ2n) is 3.50. The van der Waals surface area contributed by atoms with Crippen molar-refractivity contribution in [3.8, 4) is 0 Å². The molecule has 14 heavy (non-hydrogen) atoms. The smallest absolute Gasteiger partial charge is 0.319 e. The number of nitrogens with zero attached hydrogens (tertiary/aromatic N) is 1. The second kappa shape index (κ2) is 4.95. The summed E-state index contributed by atoms with van der Waals surface area (Å²) >= 11 is 0. The van der Waals surface area contributed by atoms with Crippen LogP contribution in [0.4, 0.5) is 0 Å². The van der Waals surface area contributed by atoms with Gasteiger partial charge in [0.1, 0.15) is 0 Å². The van der Waals surface area contributed by atoms with Crippen LogP contribution >= 0.6 is 0 Å². The predicted molar refractivity (Wildman–Crippen MR) is 50.7 cm³/mol. The van der Waals surface area contributed by atoms with Crippen molar-refractivity contribution in [3.63, 3.8) is 0 Å². The van der Waals surface area contributed by atoms with Gasteiger partial charge in [0, 0.05) is 26.1 Å². The molecule has 1 amide bonds. The minimum atomic E-state index is -0.228. The zero-order valence-corrected chi connectivity index (χ0v) is 8.58. The van der Waals surface area contributed by atoms with Crippen LogP contribution in [0.25, 0.3) is 0 Å². The molecule has 0 bridgehead atoms. The van der Waals surface area contributed by atoms with Crippen LogP contribution in [0.15, 0.2) is 0 Å². The highest BCUT2D eigenvalue weighted by Crippen LogP contribution is 2.08. The maximum atomic E-state index is 10.9. The Hall–Kier alpha value is -1.10. The monoisotopic (exact) mass is 200 g/mol. The molecule has 0 aromatic carbocycles. The first kappa shape index (κ1) is 11.0. The Labute approximate surface area is 83.4 Å². The van der Waals surface area contributed by atoms with E-state index in [2.05, 4.69) is 10.1 Å². The van der Waals surface area contributed by atoms with Gasteiger partial charge in [-0.05, 0) is 6.42 Å². The van der Waals surface area contributed by atoms with Crippen molar-refractivity contribution in [2.75, 3.05) is 26.7 Å². The second-order valence-corrected chi connectivity index (χ2v) is 3.50. The molecule has 1 heterocycles. The average Bonchev–Trinajstić information content (AvgIpc) is 2.51. The molecule has 0 saturated carbocycles. The van der Waals surface area contributed by atoms with Crippen LogP contribution < -0.4 is 5.32 Å². The summed E-state index contributed by atoms with van der Waals surface area (Å²) in [6.45, 7) is 3.38. The first-order valence-corrected chi connectivity index (χ1v) is 4.68. The minimum absolute atomic E-state index is 0.0186. The normalized spacial score (nSPS) is 22.0. The van der Waals surface area contributed by atoms with E-state index in [0.29, 0.717) is 6.54 Å². The summed E-state index contributed by atoms with van der Waals surface area (Å²) in [4.78, 5) is 23.7. The molecule has 1 aliphatic rings. The van der Waals surface area contributed by atoms with Gasteiger partial charge in [-0.3, -0.25) is 14.5 Å². The molecule has 5 heteroatoms. The fourth-order valence-corrected chi connectivity index (χ4v) is 1.63. The van der Waals surface area contributed by atoms with E-state index in [4.69, 9.17) is 0 Å². The lowest BCUT2D eigenvalue weighted by molar-refractivity contribution is -0.141. The molecule has 1 aliphatic heterocycles. The Balaban J connectivity index is 2.27. The number of hydrogen-bond donors (Lipinski definition) is 1. The summed E-state index contributed by atoms with van der Waals surface area (Å²) in [6.07, 6.45) is 0.899. The number of esters is 1. The summed E-state index contributed by atoms with van der Waals surface area (Å²) in [5.74, 6) is -0.247. The van der Waals surface area contributed by atoms with Gasteiger partial charge in [-0.1, -0.05) is 0 Å². The third kappa shape index (κ3) is 3.33. The number of likely N-dealkylation sites (tertiary alicyclic amines) is 1. The Bertz CT molecular complexity index is 230. The van der Waals surface area contributed by atoms with Crippen molar-refractivity contribution in [2.45, 2.75) is 19.4 Å². The van der Waals surface area contributed by atoms with Gasteiger partial charge in [0.25, 0.3) is 0 Å². The van der Waals surface area contributed by atoms with Crippen molar-refractivity contribution >= 4 is 11.9 Å². The molecule has 1 rings (SSSR count). The molecule has 0 radical (unpaired) electrons. The van der Waals surface area contributed by atoms with Gasteiger partial charge in [0.15, 0.2) is 0 Å². The number of hydrogen-bond acceptors (Lipinski definition) is 4. The lowest BCUT2D eigenvalue weighted by Crippen LogP contribution is -2.36. The van der Waals surface area contributed by atoms with Gasteiger partial charge < -0.3 is 10.1 Å². The number of methoxy groups -OCH3 is 1. The third-order valence-electron chi connectivity index (χ3n) is 2.26. The van der Waals surface area contributed by atoms with E-state index in [1.54, 1.807) is 0 Å². The minimum Gasteiger partial charge on any atom is -0.468 e. The Morgan fingerprint density at radius 3 is 2.86 bits per heavy atom. The highest BCUT2D eigenvalue weighted by molar-refractivity contribution is 5.73. The van der Waals surface area contributed by atoms with Crippen molar-refractivity contribution in [1.82, 2.24) is 10.2 Å². The molecule has 0 aromatic heterocycles. The maximum absolute atomic E-state index is 10.9. The van der Waals surface area contributed by atoms with Crippen LogP contribution in [-0.4, -0.2) is 49.6 Å². The van der Waals surface area contributed by atoms with Crippen LogP contribution in [-0.2, 0) is 14.3 Å².